The number of hydrogen-bond acceptors (Lipinski definition) is 5. The molecule has 3 rings (SSSR count). The third-order valence-corrected chi connectivity index (χ3v) is 5.02. The van der Waals surface area contributed by atoms with Crippen LogP contribution in [0.15, 0.2) is 36.7 Å². The van der Waals surface area contributed by atoms with E-state index in [1.807, 2.05) is 25.1 Å². The predicted octanol–water partition coefficient (Wildman–Crippen LogP) is 3.22. The number of aromatic nitrogens is 2. The lowest BCUT2D eigenvalue weighted by Crippen LogP contribution is -2.38. The lowest BCUT2D eigenvalue weighted by Gasteiger charge is -2.34. The predicted molar refractivity (Wildman–Crippen MR) is 99.3 cm³/mol. The van der Waals surface area contributed by atoms with Gasteiger partial charge in [-0.3, -0.25) is 9.97 Å². The van der Waals surface area contributed by atoms with Gasteiger partial charge in [0.1, 0.15) is 6.07 Å². The molecule has 0 spiro atoms. The van der Waals surface area contributed by atoms with Gasteiger partial charge in [0.2, 0.25) is 0 Å². The van der Waals surface area contributed by atoms with Crippen molar-refractivity contribution in [1.29, 1.82) is 5.26 Å². The highest BCUT2D eigenvalue weighted by Crippen LogP contribution is 2.26. The largest absolute Gasteiger partial charge is 0.370 e. The number of nitriles is 1. The molecule has 0 bridgehead atoms. The van der Waals surface area contributed by atoms with E-state index in [-0.39, 0.29) is 6.04 Å². The van der Waals surface area contributed by atoms with Crippen molar-refractivity contribution in [2.75, 3.05) is 24.5 Å². The Kier molecular flexibility index (Phi) is 5.62. The minimum absolute atomic E-state index is 0.214. The molecule has 5 heteroatoms. The monoisotopic (exact) mass is 335 g/mol. The molecule has 1 atom stereocenters. The summed E-state index contributed by atoms with van der Waals surface area (Å²) in [6, 6.07) is 10.4. The Bertz CT molecular complexity index is 744. The van der Waals surface area contributed by atoms with Crippen molar-refractivity contribution in [3.8, 4) is 6.07 Å². The summed E-state index contributed by atoms with van der Waals surface area (Å²) in [5, 5.41) is 12.9. The van der Waals surface area contributed by atoms with Gasteiger partial charge in [-0.15, -0.1) is 0 Å². The maximum absolute atomic E-state index is 9.28. The van der Waals surface area contributed by atoms with E-state index in [1.165, 1.54) is 0 Å². The molecule has 1 aliphatic rings. The maximum atomic E-state index is 9.28. The molecule has 25 heavy (non-hydrogen) atoms. The zero-order valence-corrected chi connectivity index (χ0v) is 14.9. The maximum Gasteiger partial charge on any atom is 0.101 e. The second-order valence-corrected chi connectivity index (χ2v) is 6.72. The highest BCUT2D eigenvalue weighted by atomic mass is 15.1. The summed E-state index contributed by atoms with van der Waals surface area (Å²) in [5.74, 6) is 0.657. The van der Waals surface area contributed by atoms with Gasteiger partial charge in [-0.25, -0.2) is 0 Å². The smallest absolute Gasteiger partial charge is 0.101 e. The van der Waals surface area contributed by atoms with Gasteiger partial charge in [-0.2, -0.15) is 5.26 Å². The highest BCUT2D eigenvalue weighted by Gasteiger charge is 2.21. The molecular weight excluding hydrogens is 310 g/mol. The number of nitrogens with one attached hydrogen (secondary N) is 1. The van der Waals surface area contributed by atoms with Crippen LogP contribution in [0.3, 0.4) is 0 Å². The lowest BCUT2D eigenvalue weighted by molar-refractivity contribution is 0.365. The highest BCUT2D eigenvalue weighted by molar-refractivity contribution is 5.59. The van der Waals surface area contributed by atoms with Crippen LogP contribution in [0.4, 0.5) is 5.69 Å². The summed E-state index contributed by atoms with van der Waals surface area (Å²) in [4.78, 5) is 11.1. The first-order valence-electron chi connectivity index (χ1n) is 8.94. The van der Waals surface area contributed by atoms with Crippen LogP contribution >= 0.6 is 0 Å². The average molecular weight is 335 g/mol. The molecule has 1 fully saturated rings. The van der Waals surface area contributed by atoms with Gasteiger partial charge < -0.3 is 10.2 Å². The standard InChI is InChI=1S/C20H25N5/c1-15-20(23-10-9-22-15)16(2)24-14-17-7-11-25(12-8-17)19-6-4-3-5-18(19)13-21/h3-6,9-10,16-17,24H,7-8,11-12,14H2,1-2H3. The van der Waals surface area contributed by atoms with Gasteiger partial charge in [0.05, 0.1) is 22.6 Å². The summed E-state index contributed by atoms with van der Waals surface area (Å²) in [6.45, 7) is 7.15. The van der Waals surface area contributed by atoms with Crippen LogP contribution in [-0.2, 0) is 0 Å². The van der Waals surface area contributed by atoms with Crippen molar-refractivity contribution >= 4 is 5.69 Å². The van der Waals surface area contributed by atoms with E-state index in [1.54, 1.807) is 12.4 Å². The van der Waals surface area contributed by atoms with Gasteiger partial charge in [-0.05, 0) is 51.3 Å². The van der Waals surface area contributed by atoms with Gasteiger partial charge in [-0.1, -0.05) is 12.1 Å². The van der Waals surface area contributed by atoms with Crippen LogP contribution in [0.1, 0.15) is 42.8 Å². The number of rotatable bonds is 5. The Labute approximate surface area is 149 Å². The third-order valence-electron chi connectivity index (χ3n) is 5.02. The van der Waals surface area contributed by atoms with E-state index in [2.05, 4.69) is 39.2 Å². The van der Waals surface area contributed by atoms with Crippen LogP contribution in [0.5, 0.6) is 0 Å². The zero-order chi connectivity index (χ0) is 17.6. The zero-order valence-electron chi connectivity index (χ0n) is 14.9. The Hall–Kier alpha value is -2.45. The molecule has 0 saturated carbocycles. The number of benzene rings is 1. The van der Waals surface area contributed by atoms with E-state index in [0.717, 1.165) is 55.1 Å². The minimum Gasteiger partial charge on any atom is -0.370 e. The first-order valence-corrected chi connectivity index (χ1v) is 8.94. The Morgan fingerprint density at radius 2 is 1.96 bits per heavy atom. The quantitative estimate of drug-likeness (QED) is 0.909. The fraction of sp³-hybridized carbons (Fsp3) is 0.450. The average Bonchev–Trinajstić information content (AvgIpc) is 2.67. The molecule has 1 aromatic heterocycles. The molecule has 2 aromatic rings. The summed E-state index contributed by atoms with van der Waals surface area (Å²) in [7, 11) is 0. The normalized spacial score (nSPS) is 16.4. The van der Waals surface area contributed by atoms with Gasteiger partial charge in [0.25, 0.3) is 0 Å². The molecule has 0 amide bonds. The van der Waals surface area contributed by atoms with E-state index in [4.69, 9.17) is 0 Å². The van der Waals surface area contributed by atoms with Crippen LogP contribution in [0.25, 0.3) is 0 Å². The summed E-state index contributed by atoms with van der Waals surface area (Å²) >= 11 is 0. The SMILES string of the molecule is Cc1nccnc1C(C)NCC1CCN(c2ccccc2C#N)CC1. The van der Waals surface area contributed by atoms with Crippen molar-refractivity contribution in [2.24, 2.45) is 5.92 Å². The molecule has 1 aromatic carbocycles. The molecule has 0 radical (unpaired) electrons. The second-order valence-electron chi connectivity index (χ2n) is 6.72. The van der Waals surface area contributed by atoms with Gasteiger partial charge >= 0.3 is 0 Å². The molecular formula is C20H25N5. The fourth-order valence-corrected chi connectivity index (χ4v) is 3.51. The van der Waals surface area contributed by atoms with Crippen LogP contribution in [0, 0.1) is 24.2 Å². The Morgan fingerprint density at radius 3 is 2.68 bits per heavy atom. The molecule has 2 heterocycles. The fourth-order valence-electron chi connectivity index (χ4n) is 3.51. The molecule has 5 nitrogen and oxygen atoms in total. The van der Waals surface area contributed by atoms with Crippen LogP contribution < -0.4 is 10.2 Å². The molecule has 130 valence electrons. The summed E-state index contributed by atoms with van der Waals surface area (Å²) in [6.07, 6.45) is 5.77. The van der Waals surface area contributed by atoms with Crippen molar-refractivity contribution in [1.82, 2.24) is 15.3 Å². The number of nitrogens with zero attached hydrogens (tertiary/aromatic N) is 4. The third kappa shape index (κ3) is 4.15. The Balaban J connectivity index is 1.52. The first-order chi connectivity index (χ1) is 12.2. The van der Waals surface area contributed by atoms with Crippen molar-refractivity contribution in [2.45, 2.75) is 32.7 Å². The molecule has 1 aliphatic heterocycles. The van der Waals surface area contributed by atoms with Gasteiger partial charge in [0.15, 0.2) is 0 Å². The lowest BCUT2D eigenvalue weighted by atomic mass is 9.95. The van der Waals surface area contributed by atoms with Gasteiger partial charge in [0, 0.05) is 31.5 Å². The number of anilines is 1. The summed E-state index contributed by atoms with van der Waals surface area (Å²) < 4.78 is 0. The minimum atomic E-state index is 0.214. The van der Waals surface area contributed by atoms with Crippen molar-refractivity contribution < 1.29 is 0 Å². The molecule has 1 N–H and O–H groups in total. The Morgan fingerprint density at radius 1 is 1.24 bits per heavy atom. The number of hydrogen-bond donors (Lipinski definition) is 1. The van der Waals surface area contributed by atoms with Crippen LogP contribution in [-0.4, -0.2) is 29.6 Å². The molecule has 1 unspecified atom stereocenters. The number of piperidine rings is 1. The number of aryl methyl sites for hydroxylation is 1. The molecule has 1 saturated heterocycles. The first kappa shape index (κ1) is 17.4. The van der Waals surface area contributed by atoms with Crippen molar-refractivity contribution in [3.05, 3.63) is 53.6 Å². The second kappa shape index (κ2) is 8.09. The topological polar surface area (TPSA) is 64.8 Å². The van der Waals surface area contributed by atoms with Crippen molar-refractivity contribution in [3.63, 3.8) is 0 Å². The molecule has 0 aliphatic carbocycles. The summed E-state index contributed by atoms with van der Waals surface area (Å²) in [5.41, 5.74) is 3.86. The van der Waals surface area contributed by atoms with E-state index < -0.39 is 0 Å². The van der Waals surface area contributed by atoms with Crippen LogP contribution in [0.2, 0.25) is 0 Å². The van der Waals surface area contributed by atoms with E-state index >= 15 is 0 Å². The van der Waals surface area contributed by atoms with E-state index in [0.29, 0.717) is 5.92 Å². The number of para-hydroxylation sites is 1. The van der Waals surface area contributed by atoms with E-state index in [9.17, 15) is 5.26 Å².